The van der Waals surface area contributed by atoms with E-state index in [2.05, 4.69) is 15.3 Å². The van der Waals surface area contributed by atoms with Crippen LogP contribution in [0.3, 0.4) is 0 Å². The number of aromatic nitrogens is 4. The molecule has 0 radical (unpaired) electrons. The molecule has 27 heavy (non-hydrogen) atoms. The largest absolute Gasteiger partial charge is 0.486 e. The Bertz CT molecular complexity index is 1100. The normalized spacial score (nSPS) is 15.8. The molecule has 0 saturated carbocycles. The number of fused-ring (bicyclic) bond motifs is 2. The van der Waals surface area contributed by atoms with Crippen LogP contribution in [0.25, 0.3) is 4.96 Å². The smallest absolute Gasteiger partial charge is 0.234 e. The van der Waals surface area contributed by atoms with Gasteiger partial charge in [0, 0.05) is 5.02 Å². The van der Waals surface area contributed by atoms with Crippen molar-refractivity contribution in [3.05, 3.63) is 64.4 Å². The number of rotatable bonds is 4. The van der Waals surface area contributed by atoms with Crippen molar-refractivity contribution >= 4 is 27.9 Å². The van der Waals surface area contributed by atoms with Crippen molar-refractivity contribution in [2.75, 3.05) is 6.61 Å². The first-order valence-electron chi connectivity index (χ1n) is 8.24. The molecule has 0 N–H and O–H groups in total. The summed E-state index contributed by atoms with van der Waals surface area (Å²) < 4.78 is 19.2. The molecular weight excluding hydrogens is 388 g/mol. The molecule has 0 saturated heterocycles. The van der Waals surface area contributed by atoms with Gasteiger partial charge in [-0.15, -0.1) is 10.2 Å². The van der Waals surface area contributed by atoms with Crippen molar-refractivity contribution in [2.45, 2.75) is 12.7 Å². The molecule has 1 aliphatic rings. The monoisotopic (exact) mass is 400 g/mol. The molecule has 2 aromatic heterocycles. The minimum Gasteiger partial charge on any atom is -0.486 e. The van der Waals surface area contributed by atoms with Crippen LogP contribution >= 0.6 is 22.9 Å². The molecule has 1 aliphatic heterocycles. The van der Waals surface area contributed by atoms with Gasteiger partial charge in [0.25, 0.3) is 0 Å². The van der Waals surface area contributed by atoms with E-state index < -0.39 is 0 Å². The molecule has 0 unspecified atom stereocenters. The highest BCUT2D eigenvalue weighted by atomic mass is 35.5. The number of hydrogen-bond acceptors (Lipinski definition) is 7. The highest BCUT2D eigenvalue weighted by Crippen LogP contribution is 2.35. The van der Waals surface area contributed by atoms with Crippen molar-refractivity contribution in [3.63, 3.8) is 0 Å². The third-order valence-electron chi connectivity index (χ3n) is 4.03. The van der Waals surface area contributed by atoms with Gasteiger partial charge in [0.2, 0.25) is 4.96 Å². The average molecular weight is 401 g/mol. The van der Waals surface area contributed by atoms with E-state index in [9.17, 15) is 0 Å². The molecule has 9 heteroatoms. The fourth-order valence-corrected chi connectivity index (χ4v) is 3.63. The fourth-order valence-electron chi connectivity index (χ4n) is 2.75. The SMILES string of the molecule is Clc1ccc(OCc2nn3c([C@@H]4COc5ccccc5O4)nnc3s2)cc1. The standard InChI is InChI=1S/C18H13ClN4O3S/c19-11-5-7-12(8-6-11)24-10-16-22-23-17(20-21-18(23)27-16)15-9-25-13-3-1-2-4-14(13)26-15/h1-8,15H,9-10H2/t15-/m0/s1. The van der Waals surface area contributed by atoms with Crippen LogP contribution in [-0.4, -0.2) is 26.4 Å². The van der Waals surface area contributed by atoms with Gasteiger partial charge < -0.3 is 14.2 Å². The van der Waals surface area contributed by atoms with Gasteiger partial charge in [-0.3, -0.25) is 0 Å². The third kappa shape index (κ3) is 3.17. The molecule has 2 aromatic carbocycles. The maximum atomic E-state index is 6.01. The van der Waals surface area contributed by atoms with Crippen LogP contribution < -0.4 is 14.2 Å². The lowest BCUT2D eigenvalue weighted by Gasteiger charge is -2.24. The van der Waals surface area contributed by atoms with E-state index in [1.807, 2.05) is 36.4 Å². The zero-order valence-corrected chi connectivity index (χ0v) is 15.5. The molecule has 0 aliphatic carbocycles. The van der Waals surface area contributed by atoms with Gasteiger partial charge in [-0.25, -0.2) is 0 Å². The van der Waals surface area contributed by atoms with Crippen molar-refractivity contribution in [3.8, 4) is 17.2 Å². The summed E-state index contributed by atoms with van der Waals surface area (Å²) in [6.07, 6.45) is -0.373. The summed E-state index contributed by atoms with van der Waals surface area (Å²) in [5.41, 5.74) is 0. The van der Waals surface area contributed by atoms with Gasteiger partial charge in [0.1, 0.15) is 19.0 Å². The van der Waals surface area contributed by atoms with Gasteiger partial charge in [-0.05, 0) is 36.4 Å². The second-order valence-corrected chi connectivity index (χ2v) is 7.33. The van der Waals surface area contributed by atoms with Gasteiger partial charge in [-0.2, -0.15) is 9.61 Å². The number of benzene rings is 2. The van der Waals surface area contributed by atoms with Crippen molar-refractivity contribution in [1.29, 1.82) is 0 Å². The highest BCUT2D eigenvalue weighted by Gasteiger charge is 2.28. The van der Waals surface area contributed by atoms with Gasteiger partial charge in [0.05, 0.1) is 0 Å². The number of hydrogen-bond donors (Lipinski definition) is 0. The third-order valence-corrected chi connectivity index (χ3v) is 5.15. The summed E-state index contributed by atoms with van der Waals surface area (Å²) in [5.74, 6) is 2.75. The van der Waals surface area contributed by atoms with Crippen molar-refractivity contribution in [2.24, 2.45) is 0 Å². The molecule has 7 nitrogen and oxygen atoms in total. The molecule has 0 bridgehead atoms. The zero-order valence-electron chi connectivity index (χ0n) is 13.9. The summed E-state index contributed by atoms with van der Waals surface area (Å²) in [6.45, 7) is 0.686. The molecule has 136 valence electrons. The Morgan fingerprint density at radius 2 is 1.93 bits per heavy atom. The Hall–Kier alpha value is -2.84. The van der Waals surface area contributed by atoms with E-state index in [4.69, 9.17) is 25.8 Å². The van der Waals surface area contributed by atoms with Crippen LogP contribution in [0.1, 0.15) is 16.9 Å². The first-order valence-corrected chi connectivity index (χ1v) is 9.43. The first-order chi connectivity index (χ1) is 13.3. The van der Waals surface area contributed by atoms with E-state index in [1.54, 1.807) is 16.6 Å². The van der Waals surface area contributed by atoms with Crippen LogP contribution in [0.5, 0.6) is 17.2 Å². The number of para-hydroxylation sites is 2. The quantitative estimate of drug-likeness (QED) is 0.517. The molecular formula is C18H13ClN4O3S. The lowest BCUT2D eigenvalue weighted by molar-refractivity contribution is 0.0835. The maximum Gasteiger partial charge on any atom is 0.234 e. The minimum absolute atomic E-state index is 0.333. The summed E-state index contributed by atoms with van der Waals surface area (Å²) in [5, 5.41) is 14.4. The second kappa shape index (κ2) is 6.71. The molecule has 5 rings (SSSR count). The lowest BCUT2D eigenvalue weighted by Crippen LogP contribution is -2.23. The zero-order chi connectivity index (χ0) is 18.2. The first kappa shape index (κ1) is 16.3. The topological polar surface area (TPSA) is 70.8 Å². The summed E-state index contributed by atoms with van der Waals surface area (Å²) >= 11 is 7.30. The molecule has 0 spiro atoms. The lowest BCUT2D eigenvalue weighted by atomic mass is 10.2. The summed E-state index contributed by atoms with van der Waals surface area (Å²) in [6, 6.07) is 14.8. The van der Waals surface area contributed by atoms with Crippen molar-refractivity contribution < 1.29 is 14.2 Å². The molecule has 1 atom stereocenters. The Labute approximate surface area is 163 Å². The van der Waals surface area contributed by atoms with E-state index in [-0.39, 0.29) is 6.10 Å². The van der Waals surface area contributed by atoms with Crippen LogP contribution in [0.15, 0.2) is 48.5 Å². The predicted octanol–water partition coefficient (Wildman–Crippen LogP) is 3.93. The Morgan fingerprint density at radius 3 is 2.78 bits per heavy atom. The van der Waals surface area contributed by atoms with E-state index in [1.165, 1.54) is 11.3 Å². The van der Waals surface area contributed by atoms with Crippen LogP contribution in [0.4, 0.5) is 0 Å². The Morgan fingerprint density at radius 1 is 1.11 bits per heavy atom. The van der Waals surface area contributed by atoms with E-state index in [0.29, 0.717) is 34.8 Å². The number of ether oxygens (including phenoxy) is 3. The van der Waals surface area contributed by atoms with Crippen LogP contribution in [-0.2, 0) is 6.61 Å². The van der Waals surface area contributed by atoms with E-state index >= 15 is 0 Å². The fraction of sp³-hybridized carbons (Fsp3) is 0.167. The van der Waals surface area contributed by atoms with Gasteiger partial charge in [-0.1, -0.05) is 35.1 Å². The van der Waals surface area contributed by atoms with Crippen molar-refractivity contribution in [1.82, 2.24) is 19.8 Å². The minimum atomic E-state index is -0.373. The van der Waals surface area contributed by atoms with Gasteiger partial charge in [0.15, 0.2) is 28.4 Å². The van der Waals surface area contributed by atoms with Crippen LogP contribution in [0.2, 0.25) is 5.02 Å². The van der Waals surface area contributed by atoms with Crippen LogP contribution in [0, 0.1) is 0 Å². The summed E-state index contributed by atoms with van der Waals surface area (Å²) in [7, 11) is 0. The molecule has 0 amide bonds. The Kier molecular flexibility index (Phi) is 4.06. The van der Waals surface area contributed by atoms with E-state index in [0.717, 1.165) is 16.5 Å². The maximum absolute atomic E-state index is 6.01. The molecule has 3 heterocycles. The highest BCUT2D eigenvalue weighted by molar-refractivity contribution is 7.16. The predicted molar refractivity (Wildman–Crippen MR) is 99.7 cm³/mol. The van der Waals surface area contributed by atoms with Gasteiger partial charge >= 0.3 is 0 Å². The average Bonchev–Trinajstić information content (AvgIpc) is 3.27. The number of halogens is 1. The number of nitrogens with zero attached hydrogens (tertiary/aromatic N) is 4. The molecule has 4 aromatic rings. The second-order valence-electron chi connectivity index (χ2n) is 5.86. The Balaban J connectivity index is 1.35. The summed E-state index contributed by atoms with van der Waals surface area (Å²) in [4.78, 5) is 0.683. The molecule has 0 fully saturated rings.